The highest BCUT2D eigenvalue weighted by atomic mass is 35.5. The number of phenolic OH excluding ortho intramolecular Hbond substituents is 1. The van der Waals surface area contributed by atoms with Crippen molar-refractivity contribution in [2.24, 2.45) is 0 Å². The zero-order valence-electron chi connectivity index (χ0n) is 20.1. The van der Waals surface area contributed by atoms with E-state index in [-0.39, 0.29) is 36.1 Å². The molecule has 2 N–H and O–H groups in total. The number of aromatic hydroxyl groups is 1. The molecule has 188 valence electrons. The fourth-order valence-corrected chi connectivity index (χ4v) is 7.37. The lowest BCUT2D eigenvalue weighted by molar-refractivity contribution is -0.199. The zero-order chi connectivity index (χ0) is 23.7. The average molecular weight is 501 g/mol. The summed E-state index contributed by atoms with van der Waals surface area (Å²) in [5, 5.41) is 23.2. The van der Waals surface area contributed by atoms with Gasteiger partial charge in [0.1, 0.15) is 6.10 Å². The van der Waals surface area contributed by atoms with Crippen LogP contribution in [0.15, 0.2) is 41.2 Å². The van der Waals surface area contributed by atoms with E-state index in [1.807, 2.05) is 13.1 Å². The lowest BCUT2D eigenvalue weighted by atomic mass is 9.48. The predicted molar refractivity (Wildman–Crippen MR) is 134 cm³/mol. The number of halogens is 1. The second kappa shape index (κ2) is 8.57. The average Bonchev–Trinajstić information content (AvgIpc) is 3.46. The van der Waals surface area contributed by atoms with E-state index in [0.29, 0.717) is 18.6 Å². The van der Waals surface area contributed by atoms with Crippen molar-refractivity contribution in [3.05, 3.63) is 53.5 Å². The number of piperidine rings is 1. The molecule has 2 aliphatic heterocycles. The molecule has 2 fully saturated rings. The van der Waals surface area contributed by atoms with E-state index in [9.17, 15) is 15.0 Å². The van der Waals surface area contributed by atoms with Crippen molar-refractivity contribution in [2.75, 3.05) is 20.1 Å². The van der Waals surface area contributed by atoms with Crippen LogP contribution in [0.25, 0.3) is 6.08 Å². The van der Waals surface area contributed by atoms with Crippen LogP contribution < -0.4 is 4.74 Å². The second-order valence-corrected chi connectivity index (χ2v) is 10.3. The maximum atomic E-state index is 13.1. The number of carbonyl (C=O) groups excluding carboxylic acids is 1. The second-order valence-electron chi connectivity index (χ2n) is 10.3. The molecule has 1 saturated carbocycles. The van der Waals surface area contributed by atoms with Crippen molar-refractivity contribution >= 4 is 24.4 Å². The van der Waals surface area contributed by atoms with Crippen LogP contribution in [0.5, 0.6) is 11.5 Å². The van der Waals surface area contributed by atoms with Gasteiger partial charge < -0.3 is 24.3 Å². The molecule has 2 aliphatic carbocycles. The number of likely N-dealkylation sites (tertiary alicyclic amines) is 1. The number of hydrogen-bond donors (Lipinski definition) is 2. The highest BCUT2D eigenvalue weighted by Gasteiger charge is 2.73. The van der Waals surface area contributed by atoms with Crippen LogP contribution in [0.1, 0.15) is 49.3 Å². The summed E-state index contributed by atoms with van der Waals surface area (Å²) in [4.78, 5) is 17.3. The molecular weight excluding hydrogens is 468 g/mol. The van der Waals surface area contributed by atoms with Crippen molar-refractivity contribution in [1.29, 1.82) is 0 Å². The number of phenols is 1. The maximum absolute atomic E-state index is 13.1. The van der Waals surface area contributed by atoms with Gasteiger partial charge in [-0.3, -0.25) is 9.69 Å². The number of likely N-dealkylation sites (N-methyl/N-ethyl adjacent to an activating group) is 1. The van der Waals surface area contributed by atoms with E-state index in [1.165, 1.54) is 0 Å². The Bertz CT molecular complexity index is 1150. The van der Waals surface area contributed by atoms with Gasteiger partial charge >= 0.3 is 0 Å². The monoisotopic (exact) mass is 500 g/mol. The van der Waals surface area contributed by atoms with Crippen LogP contribution in [0.4, 0.5) is 0 Å². The van der Waals surface area contributed by atoms with Gasteiger partial charge in [-0.25, -0.2) is 0 Å². The Morgan fingerprint density at radius 3 is 2.89 bits per heavy atom. The van der Waals surface area contributed by atoms with E-state index < -0.39 is 17.1 Å². The molecule has 0 radical (unpaired) electrons. The summed E-state index contributed by atoms with van der Waals surface area (Å²) < 4.78 is 11.6. The number of ether oxygens (including phenoxy) is 1. The van der Waals surface area contributed by atoms with Crippen molar-refractivity contribution in [3.8, 4) is 11.5 Å². The molecule has 35 heavy (non-hydrogen) atoms. The molecule has 4 aliphatic rings. The predicted octanol–water partition coefficient (Wildman–Crippen LogP) is 3.51. The maximum Gasteiger partial charge on any atom is 0.246 e. The van der Waals surface area contributed by atoms with E-state index >= 15 is 0 Å². The smallest absolute Gasteiger partial charge is 0.246 e. The third-order valence-electron chi connectivity index (χ3n) is 8.86. The zero-order valence-corrected chi connectivity index (χ0v) is 21.0. The van der Waals surface area contributed by atoms with Gasteiger partial charge in [-0.15, -0.1) is 12.4 Å². The Morgan fingerprint density at radius 1 is 1.31 bits per heavy atom. The standard InChI is InChI=1S/C27H32N2O5.ClH/c1-3-12-29-13-11-26-23-18-5-6-20(30)24(23)34-25(26)19(8-10-27(26,32)21(29)15-18)28(2)22(31)7-4-17-9-14-33-16-17;/h4-7,9,14,16,19,21,25,30,32H,3,8,10-13,15H2,1-2H3;1H/b7-4+;/t19-,21-,25+,26+,27-;/m1./s1. The van der Waals surface area contributed by atoms with Crippen LogP contribution >= 0.6 is 12.4 Å². The Balaban J connectivity index is 0.00000253. The van der Waals surface area contributed by atoms with E-state index in [4.69, 9.17) is 9.15 Å². The Morgan fingerprint density at radius 2 is 2.14 bits per heavy atom. The minimum atomic E-state index is -0.954. The number of hydrogen-bond acceptors (Lipinski definition) is 6. The highest BCUT2D eigenvalue weighted by Crippen LogP contribution is 2.65. The van der Waals surface area contributed by atoms with Crippen LogP contribution in [-0.4, -0.2) is 69.8 Å². The first-order valence-corrected chi connectivity index (χ1v) is 12.4. The summed E-state index contributed by atoms with van der Waals surface area (Å²) in [5.74, 6) is 0.504. The topological polar surface area (TPSA) is 86.4 Å². The lowest BCUT2D eigenvalue weighted by Gasteiger charge is -2.64. The first-order chi connectivity index (χ1) is 16.4. The molecule has 2 aromatic rings. The van der Waals surface area contributed by atoms with Gasteiger partial charge in [-0.2, -0.15) is 0 Å². The van der Waals surface area contributed by atoms with Gasteiger partial charge in [0.25, 0.3) is 0 Å². The summed E-state index contributed by atoms with van der Waals surface area (Å²) >= 11 is 0. The Kier molecular flexibility index (Phi) is 5.93. The number of nitrogens with zero attached hydrogens (tertiary/aromatic N) is 2. The number of benzene rings is 1. The molecule has 1 saturated heterocycles. The molecular formula is C27H33ClN2O5. The number of rotatable bonds is 5. The molecule has 5 atom stereocenters. The van der Waals surface area contributed by atoms with Crippen molar-refractivity contribution < 1.29 is 24.2 Å². The van der Waals surface area contributed by atoms with E-state index in [2.05, 4.69) is 11.8 Å². The molecule has 2 bridgehead atoms. The number of aliphatic hydroxyl groups is 1. The molecule has 7 nitrogen and oxygen atoms in total. The van der Waals surface area contributed by atoms with Crippen molar-refractivity contribution in [3.63, 3.8) is 0 Å². The van der Waals surface area contributed by atoms with E-state index in [1.54, 1.807) is 41.7 Å². The van der Waals surface area contributed by atoms with Crippen molar-refractivity contribution in [1.82, 2.24) is 9.80 Å². The first-order valence-electron chi connectivity index (χ1n) is 12.4. The third-order valence-corrected chi connectivity index (χ3v) is 8.86. The van der Waals surface area contributed by atoms with Gasteiger partial charge in [0, 0.05) is 30.3 Å². The van der Waals surface area contributed by atoms with E-state index in [0.717, 1.165) is 49.0 Å². The Labute approximate surface area is 211 Å². The van der Waals surface area contributed by atoms with Crippen LogP contribution in [0, 0.1) is 0 Å². The molecule has 6 rings (SSSR count). The number of amides is 1. The van der Waals surface area contributed by atoms with Gasteiger partial charge in [-0.05, 0) is 69.0 Å². The summed E-state index contributed by atoms with van der Waals surface area (Å²) in [6, 6.07) is 5.31. The minimum absolute atomic E-state index is 0. The van der Waals surface area contributed by atoms with Crippen molar-refractivity contribution in [2.45, 2.75) is 68.2 Å². The molecule has 1 spiro atoms. The van der Waals surface area contributed by atoms with Gasteiger partial charge in [0.15, 0.2) is 11.5 Å². The number of furan rings is 1. The fourth-order valence-electron chi connectivity index (χ4n) is 7.37. The summed E-state index contributed by atoms with van der Waals surface area (Å²) in [6.45, 7) is 4.01. The minimum Gasteiger partial charge on any atom is -0.504 e. The Hall–Kier alpha value is -2.48. The SMILES string of the molecule is CCCN1CC[C@]23c4c5ccc(O)c4O[C@H]2[C@H](N(C)C(=O)/C=C/c2ccoc2)CC[C@@]3(O)[C@H]1C5.Cl. The van der Waals surface area contributed by atoms with Gasteiger partial charge in [0.2, 0.25) is 5.91 Å². The van der Waals surface area contributed by atoms with Gasteiger partial charge in [-0.1, -0.05) is 13.0 Å². The first kappa shape index (κ1) is 24.2. The molecule has 1 aromatic carbocycles. The summed E-state index contributed by atoms with van der Waals surface area (Å²) in [6.07, 6.45) is 9.85. The summed E-state index contributed by atoms with van der Waals surface area (Å²) in [5.41, 5.74) is 1.38. The fraction of sp³-hybridized carbons (Fsp3) is 0.519. The molecule has 8 heteroatoms. The van der Waals surface area contributed by atoms with Gasteiger partial charge in [0.05, 0.1) is 29.6 Å². The van der Waals surface area contributed by atoms with Crippen LogP contribution in [-0.2, 0) is 16.6 Å². The largest absolute Gasteiger partial charge is 0.504 e. The normalized spacial score (nSPS) is 32.6. The lowest BCUT2D eigenvalue weighted by Crippen LogP contribution is -2.78. The summed E-state index contributed by atoms with van der Waals surface area (Å²) in [7, 11) is 1.81. The van der Waals surface area contributed by atoms with Crippen LogP contribution in [0.3, 0.4) is 0 Å². The third kappa shape index (κ3) is 3.21. The molecule has 0 unspecified atom stereocenters. The number of carbonyl (C=O) groups is 1. The highest BCUT2D eigenvalue weighted by molar-refractivity contribution is 5.92. The molecule has 1 amide bonds. The molecule has 1 aromatic heterocycles. The quantitative estimate of drug-likeness (QED) is 0.611. The van der Waals surface area contributed by atoms with Crippen LogP contribution in [0.2, 0.25) is 0 Å². The molecule has 3 heterocycles.